The van der Waals surface area contributed by atoms with Gasteiger partial charge < -0.3 is 4.43 Å². The SMILES string of the molecule is CCCCC(=Cc1ccccc1)O[SiH3]. The molecule has 0 amide bonds. The van der Waals surface area contributed by atoms with E-state index in [9.17, 15) is 0 Å². The molecule has 0 aliphatic heterocycles. The second-order valence-corrected chi connectivity index (χ2v) is 3.74. The van der Waals surface area contributed by atoms with Gasteiger partial charge in [0.25, 0.3) is 0 Å². The molecule has 0 spiro atoms. The lowest BCUT2D eigenvalue weighted by Crippen LogP contribution is -1.88. The summed E-state index contributed by atoms with van der Waals surface area (Å²) >= 11 is 0. The number of hydrogen-bond donors (Lipinski definition) is 0. The van der Waals surface area contributed by atoms with Gasteiger partial charge in [0.2, 0.25) is 10.5 Å². The molecule has 0 atom stereocenters. The van der Waals surface area contributed by atoms with Gasteiger partial charge in [-0.3, -0.25) is 0 Å². The summed E-state index contributed by atoms with van der Waals surface area (Å²) in [4.78, 5) is 0. The van der Waals surface area contributed by atoms with Gasteiger partial charge in [0.1, 0.15) is 0 Å². The van der Waals surface area contributed by atoms with Crippen molar-refractivity contribution in [2.24, 2.45) is 0 Å². The molecule has 1 aromatic rings. The first-order chi connectivity index (χ1) is 6.86. The van der Waals surface area contributed by atoms with Gasteiger partial charge in [0, 0.05) is 6.42 Å². The Morgan fingerprint density at radius 1 is 1.36 bits per heavy atom. The summed E-state index contributed by atoms with van der Waals surface area (Å²) < 4.78 is 5.46. The molecule has 0 aliphatic carbocycles. The van der Waals surface area contributed by atoms with E-state index < -0.39 is 0 Å². The lowest BCUT2D eigenvalue weighted by Gasteiger charge is -2.06. The average Bonchev–Trinajstić information content (AvgIpc) is 2.25. The fourth-order valence-electron chi connectivity index (χ4n) is 1.32. The first-order valence-electron chi connectivity index (χ1n) is 5.16. The minimum Gasteiger partial charge on any atom is -0.556 e. The van der Waals surface area contributed by atoms with E-state index in [4.69, 9.17) is 4.43 Å². The number of rotatable bonds is 5. The van der Waals surface area contributed by atoms with Crippen LogP contribution in [0.4, 0.5) is 0 Å². The Morgan fingerprint density at radius 3 is 2.64 bits per heavy atom. The highest BCUT2D eigenvalue weighted by molar-refractivity contribution is 5.99. The second kappa shape index (κ2) is 6.43. The third kappa shape index (κ3) is 3.79. The van der Waals surface area contributed by atoms with E-state index in [1.165, 1.54) is 18.4 Å². The number of benzene rings is 1. The Labute approximate surface area is 89.3 Å². The molecule has 0 saturated carbocycles. The van der Waals surface area contributed by atoms with Crippen molar-refractivity contribution >= 4 is 16.6 Å². The highest BCUT2D eigenvalue weighted by atomic mass is 28.2. The van der Waals surface area contributed by atoms with E-state index in [2.05, 4.69) is 37.3 Å². The van der Waals surface area contributed by atoms with Crippen LogP contribution in [0.15, 0.2) is 36.1 Å². The maximum absolute atomic E-state index is 5.46. The summed E-state index contributed by atoms with van der Waals surface area (Å²) in [7, 11) is 0.781. The van der Waals surface area contributed by atoms with Gasteiger partial charge in [-0.05, 0) is 18.1 Å². The maximum atomic E-state index is 5.46. The van der Waals surface area contributed by atoms with Crippen LogP contribution in [0.2, 0.25) is 0 Å². The van der Waals surface area contributed by atoms with E-state index in [1.807, 2.05) is 6.07 Å². The summed E-state index contributed by atoms with van der Waals surface area (Å²) in [6, 6.07) is 10.3. The van der Waals surface area contributed by atoms with Crippen LogP contribution in [0.3, 0.4) is 0 Å². The predicted octanol–water partition coefficient (Wildman–Crippen LogP) is 2.51. The smallest absolute Gasteiger partial charge is 0.203 e. The molecule has 0 aromatic heterocycles. The highest BCUT2D eigenvalue weighted by Crippen LogP contribution is 2.12. The van der Waals surface area contributed by atoms with E-state index in [-0.39, 0.29) is 0 Å². The maximum Gasteiger partial charge on any atom is 0.203 e. The fourth-order valence-corrected chi connectivity index (χ4v) is 1.64. The third-order valence-electron chi connectivity index (χ3n) is 2.17. The number of hydrogen-bond acceptors (Lipinski definition) is 1. The molecule has 2 heteroatoms. The van der Waals surface area contributed by atoms with Gasteiger partial charge in [0.05, 0.1) is 5.76 Å². The minimum absolute atomic E-state index is 0.781. The van der Waals surface area contributed by atoms with Crippen molar-refractivity contribution in [2.75, 3.05) is 0 Å². The molecule has 0 radical (unpaired) electrons. The molecule has 14 heavy (non-hydrogen) atoms. The van der Waals surface area contributed by atoms with Gasteiger partial charge in [0.15, 0.2) is 0 Å². The molecule has 0 bridgehead atoms. The molecule has 0 heterocycles. The van der Waals surface area contributed by atoms with Gasteiger partial charge >= 0.3 is 0 Å². The Morgan fingerprint density at radius 2 is 2.07 bits per heavy atom. The van der Waals surface area contributed by atoms with Crippen LogP contribution >= 0.6 is 0 Å². The summed E-state index contributed by atoms with van der Waals surface area (Å²) in [5.41, 5.74) is 1.23. The Bertz CT molecular complexity index is 280. The van der Waals surface area contributed by atoms with E-state index in [0.717, 1.165) is 22.7 Å². The van der Waals surface area contributed by atoms with Crippen LogP contribution in [0, 0.1) is 0 Å². The third-order valence-corrected chi connectivity index (χ3v) is 2.69. The summed E-state index contributed by atoms with van der Waals surface area (Å²) in [6.07, 6.45) is 5.63. The van der Waals surface area contributed by atoms with Crippen molar-refractivity contribution in [3.05, 3.63) is 41.7 Å². The monoisotopic (exact) mass is 206 g/mol. The standard InChI is InChI=1S/C12H18OSi/c1-2-3-9-12(13-14)10-11-7-5-4-6-8-11/h4-8,10H,2-3,9H2,1,14H3. The van der Waals surface area contributed by atoms with Crippen molar-refractivity contribution in [2.45, 2.75) is 26.2 Å². The molecule has 0 unspecified atom stereocenters. The largest absolute Gasteiger partial charge is 0.556 e. The summed E-state index contributed by atoms with van der Waals surface area (Å²) in [6.45, 7) is 2.20. The Balaban J connectivity index is 2.64. The number of allylic oxidation sites excluding steroid dienone is 1. The molecule has 0 aliphatic rings. The van der Waals surface area contributed by atoms with Gasteiger partial charge in [-0.25, -0.2) is 0 Å². The lowest BCUT2D eigenvalue weighted by molar-refractivity contribution is 0.442. The van der Waals surface area contributed by atoms with Crippen LogP contribution in [0.1, 0.15) is 31.7 Å². The zero-order valence-electron chi connectivity index (χ0n) is 8.99. The Kier molecular flexibility index (Phi) is 5.08. The summed E-state index contributed by atoms with van der Waals surface area (Å²) in [5.74, 6) is 1.13. The van der Waals surface area contributed by atoms with Crippen molar-refractivity contribution in [3.8, 4) is 0 Å². The fraction of sp³-hybridized carbons (Fsp3) is 0.333. The van der Waals surface area contributed by atoms with E-state index >= 15 is 0 Å². The van der Waals surface area contributed by atoms with Crippen molar-refractivity contribution in [1.82, 2.24) is 0 Å². The van der Waals surface area contributed by atoms with Crippen LogP contribution < -0.4 is 0 Å². The molecule has 0 fully saturated rings. The number of unbranched alkanes of at least 4 members (excludes halogenated alkanes) is 1. The Hall–Kier alpha value is -1.02. The first kappa shape index (κ1) is 11.1. The molecular formula is C12H18OSi. The quantitative estimate of drug-likeness (QED) is 0.531. The first-order valence-corrected chi connectivity index (χ1v) is 5.98. The van der Waals surface area contributed by atoms with Crippen molar-refractivity contribution < 1.29 is 4.43 Å². The zero-order chi connectivity index (χ0) is 10.2. The van der Waals surface area contributed by atoms with Crippen LogP contribution in [-0.2, 0) is 4.43 Å². The zero-order valence-corrected chi connectivity index (χ0v) is 11.0. The topological polar surface area (TPSA) is 9.23 Å². The van der Waals surface area contributed by atoms with Crippen LogP contribution in [-0.4, -0.2) is 10.5 Å². The van der Waals surface area contributed by atoms with Crippen molar-refractivity contribution in [3.63, 3.8) is 0 Å². The van der Waals surface area contributed by atoms with Crippen LogP contribution in [0.25, 0.3) is 6.08 Å². The molecule has 1 aromatic carbocycles. The van der Waals surface area contributed by atoms with E-state index in [1.54, 1.807) is 0 Å². The van der Waals surface area contributed by atoms with Gasteiger partial charge in [-0.1, -0.05) is 43.7 Å². The second-order valence-electron chi connectivity index (χ2n) is 3.33. The minimum atomic E-state index is 0.781. The molecular weight excluding hydrogens is 188 g/mol. The molecule has 0 saturated heterocycles. The summed E-state index contributed by atoms with van der Waals surface area (Å²) in [5, 5.41) is 0. The predicted molar refractivity (Wildman–Crippen MR) is 65.0 cm³/mol. The van der Waals surface area contributed by atoms with E-state index in [0.29, 0.717) is 0 Å². The lowest BCUT2D eigenvalue weighted by atomic mass is 10.1. The molecule has 1 rings (SSSR count). The van der Waals surface area contributed by atoms with Crippen LogP contribution in [0.5, 0.6) is 0 Å². The normalized spacial score (nSPS) is 11.6. The van der Waals surface area contributed by atoms with Crippen molar-refractivity contribution in [1.29, 1.82) is 0 Å². The van der Waals surface area contributed by atoms with Gasteiger partial charge in [-0.15, -0.1) is 0 Å². The molecule has 1 nitrogen and oxygen atoms in total. The molecule has 0 N–H and O–H groups in total. The van der Waals surface area contributed by atoms with Gasteiger partial charge in [-0.2, -0.15) is 0 Å². The highest BCUT2D eigenvalue weighted by Gasteiger charge is 1.95. The average molecular weight is 206 g/mol. The molecule has 76 valence electrons.